The Hall–Kier alpha value is -3.65. The summed E-state index contributed by atoms with van der Waals surface area (Å²) in [5.41, 5.74) is 4.87. The number of aliphatic imine (C=N–C) groups is 1. The lowest BCUT2D eigenvalue weighted by Gasteiger charge is -2.12. The second-order valence-electron chi connectivity index (χ2n) is 7.73. The second-order valence-corrected chi connectivity index (χ2v) is 8.74. The Morgan fingerprint density at radius 2 is 1.79 bits per heavy atom. The van der Waals surface area contributed by atoms with Crippen molar-refractivity contribution >= 4 is 40.6 Å². The Bertz CT molecular complexity index is 1310. The van der Waals surface area contributed by atoms with Gasteiger partial charge in [-0.05, 0) is 98.8 Å². The van der Waals surface area contributed by atoms with Crippen LogP contribution in [0.3, 0.4) is 0 Å². The van der Waals surface area contributed by atoms with Gasteiger partial charge in [-0.3, -0.25) is 9.69 Å². The number of amidine groups is 1. The van der Waals surface area contributed by atoms with Gasteiger partial charge in [-0.1, -0.05) is 0 Å². The van der Waals surface area contributed by atoms with Crippen LogP contribution >= 0.6 is 11.8 Å². The number of methoxy groups -OCH3 is 1. The summed E-state index contributed by atoms with van der Waals surface area (Å²) in [6, 6.07) is 15.1. The SMILES string of the molecule is CCN1C(=O)/C(=C\c2cc(C)n(-c3ccc(C(=O)OC)cc3)c2C)SC1=Nc1ccc(F)cc1. The third kappa shape index (κ3) is 4.54. The number of carbonyl (C=O) groups excluding carboxylic acids is 2. The molecule has 3 aromatic rings. The van der Waals surface area contributed by atoms with Crippen molar-refractivity contribution in [3.63, 3.8) is 0 Å². The van der Waals surface area contributed by atoms with Crippen LogP contribution in [0.5, 0.6) is 0 Å². The molecule has 2 heterocycles. The van der Waals surface area contributed by atoms with Crippen LogP contribution in [0.1, 0.15) is 34.2 Å². The van der Waals surface area contributed by atoms with E-state index in [1.54, 1.807) is 29.2 Å². The highest BCUT2D eigenvalue weighted by atomic mass is 32.2. The minimum Gasteiger partial charge on any atom is -0.465 e. The van der Waals surface area contributed by atoms with Crippen LogP contribution in [-0.2, 0) is 9.53 Å². The summed E-state index contributed by atoms with van der Waals surface area (Å²) >= 11 is 1.31. The molecule has 34 heavy (non-hydrogen) atoms. The van der Waals surface area contributed by atoms with E-state index >= 15 is 0 Å². The molecule has 0 atom stereocenters. The summed E-state index contributed by atoms with van der Waals surface area (Å²) in [4.78, 5) is 31.5. The summed E-state index contributed by atoms with van der Waals surface area (Å²) < 4.78 is 20.1. The van der Waals surface area contributed by atoms with Gasteiger partial charge in [0, 0.05) is 23.6 Å². The smallest absolute Gasteiger partial charge is 0.337 e. The van der Waals surface area contributed by atoms with Gasteiger partial charge in [0.2, 0.25) is 0 Å². The van der Waals surface area contributed by atoms with Crippen LogP contribution < -0.4 is 0 Å². The van der Waals surface area contributed by atoms with Crippen LogP contribution in [-0.4, -0.2) is 40.2 Å². The number of aromatic nitrogens is 1. The Balaban J connectivity index is 1.66. The minimum atomic E-state index is -0.381. The fraction of sp³-hybridized carbons (Fsp3) is 0.192. The first-order valence-electron chi connectivity index (χ1n) is 10.8. The van der Waals surface area contributed by atoms with Crippen molar-refractivity contribution in [1.29, 1.82) is 0 Å². The van der Waals surface area contributed by atoms with E-state index in [4.69, 9.17) is 4.74 Å². The molecule has 0 radical (unpaired) electrons. The van der Waals surface area contributed by atoms with E-state index in [1.165, 1.54) is 31.0 Å². The Labute approximate surface area is 201 Å². The van der Waals surface area contributed by atoms with E-state index in [1.807, 2.05) is 45.0 Å². The molecule has 0 N–H and O–H groups in total. The largest absolute Gasteiger partial charge is 0.465 e. The maximum atomic E-state index is 13.2. The number of hydrogen-bond acceptors (Lipinski definition) is 5. The lowest BCUT2D eigenvalue weighted by atomic mass is 10.2. The van der Waals surface area contributed by atoms with Crippen LogP contribution in [0.25, 0.3) is 11.8 Å². The molecule has 6 nitrogen and oxygen atoms in total. The van der Waals surface area contributed by atoms with Crippen molar-refractivity contribution in [3.05, 3.63) is 87.8 Å². The molecule has 4 rings (SSSR count). The number of ether oxygens (including phenoxy) is 1. The number of likely N-dealkylation sites (N-methyl/N-ethyl adjacent to an activating group) is 1. The maximum Gasteiger partial charge on any atom is 0.337 e. The number of benzene rings is 2. The zero-order valence-electron chi connectivity index (χ0n) is 19.3. The summed E-state index contributed by atoms with van der Waals surface area (Å²) in [5, 5.41) is 0.567. The molecule has 0 bridgehead atoms. The molecule has 0 unspecified atom stereocenters. The van der Waals surface area contributed by atoms with E-state index < -0.39 is 0 Å². The van der Waals surface area contributed by atoms with E-state index in [9.17, 15) is 14.0 Å². The normalized spacial score (nSPS) is 16.0. The van der Waals surface area contributed by atoms with E-state index in [0.717, 1.165) is 22.6 Å². The summed E-state index contributed by atoms with van der Waals surface area (Å²) in [7, 11) is 1.36. The second kappa shape index (κ2) is 9.69. The Kier molecular flexibility index (Phi) is 6.70. The predicted octanol–water partition coefficient (Wildman–Crippen LogP) is 5.64. The number of nitrogens with zero attached hydrogens (tertiary/aromatic N) is 3. The highest BCUT2D eigenvalue weighted by molar-refractivity contribution is 8.18. The molecule has 0 spiro atoms. The summed E-state index contributed by atoms with van der Waals surface area (Å²) in [6.07, 6.45) is 1.88. The van der Waals surface area contributed by atoms with E-state index in [-0.39, 0.29) is 17.7 Å². The van der Waals surface area contributed by atoms with Gasteiger partial charge in [0.15, 0.2) is 5.17 Å². The fourth-order valence-electron chi connectivity index (χ4n) is 3.83. The topological polar surface area (TPSA) is 63.9 Å². The number of amides is 1. The van der Waals surface area contributed by atoms with Gasteiger partial charge >= 0.3 is 5.97 Å². The zero-order valence-corrected chi connectivity index (χ0v) is 20.1. The van der Waals surface area contributed by atoms with Gasteiger partial charge in [0.05, 0.1) is 23.3 Å². The quantitative estimate of drug-likeness (QED) is 0.352. The minimum absolute atomic E-state index is 0.111. The van der Waals surface area contributed by atoms with Crippen molar-refractivity contribution in [2.45, 2.75) is 20.8 Å². The van der Waals surface area contributed by atoms with Gasteiger partial charge in [-0.2, -0.15) is 0 Å². The van der Waals surface area contributed by atoms with Crippen molar-refractivity contribution in [2.24, 2.45) is 4.99 Å². The molecular formula is C26H24FN3O3S. The number of hydrogen-bond donors (Lipinski definition) is 0. The van der Waals surface area contributed by atoms with Gasteiger partial charge in [0.1, 0.15) is 5.82 Å². The highest BCUT2D eigenvalue weighted by Gasteiger charge is 2.32. The average molecular weight is 478 g/mol. The van der Waals surface area contributed by atoms with Crippen LogP contribution in [0.15, 0.2) is 64.5 Å². The molecule has 0 aliphatic carbocycles. The number of thioether (sulfide) groups is 1. The van der Waals surface area contributed by atoms with Crippen LogP contribution in [0.4, 0.5) is 10.1 Å². The molecule has 8 heteroatoms. The van der Waals surface area contributed by atoms with Gasteiger partial charge in [-0.15, -0.1) is 0 Å². The predicted molar refractivity (Wildman–Crippen MR) is 133 cm³/mol. The number of halogens is 1. The van der Waals surface area contributed by atoms with Gasteiger partial charge in [0.25, 0.3) is 5.91 Å². The highest BCUT2D eigenvalue weighted by Crippen LogP contribution is 2.35. The lowest BCUT2D eigenvalue weighted by molar-refractivity contribution is -0.122. The van der Waals surface area contributed by atoms with Crippen molar-refractivity contribution in [3.8, 4) is 5.69 Å². The van der Waals surface area contributed by atoms with E-state index in [0.29, 0.717) is 27.9 Å². The van der Waals surface area contributed by atoms with Gasteiger partial charge in [-0.25, -0.2) is 14.2 Å². The summed E-state index contributed by atoms with van der Waals surface area (Å²) in [6.45, 7) is 6.36. The average Bonchev–Trinajstić information content (AvgIpc) is 3.29. The standard InChI is InChI=1S/C26H24FN3O3S/c1-5-29-24(31)23(34-26(29)28-21-10-8-20(27)9-11-21)15-19-14-16(2)30(17(19)3)22-12-6-18(7-13-22)25(32)33-4/h6-15H,5H2,1-4H3/b23-15+,28-26?. The first kappa shape index (κ1) is 23.5. The zero-order chi connectivity index (χ0) is 24.4. The number of carbonyl (C=O) groups is 2. The first-order chi connectivity index (χ1) is 16.3. The monoisotopic (exact) mass is 477 g/mol. The molecule has 1 saturated heterocycles. The Morgan fingerprint density at radius 1 is 1.12 bits per heavy atom. The summed E-state index contributed by atoms with van der Waals surface area (Å²) in [5.74, 6) is -0.823. The number of esters is 1. The molecule has 1 fully saturated rings. The Morgan fingerprint density at radius 3 is 2.41 bits per heavy atom. The molecule has 1 aliphatic rings. The molecule has 1 amide bonds. The third-order valence-electron chi connectivity index (χ3n) is 5.56. The third-order valence-corrected chi connectivity index (χ3v) is 6.57. The van der Waals surface area contributed by atoms with Crippen LogP contribution in [0, 0.1) is 19.7 Å². The molecule has 1 aromatic heterocycles. The van der Waals surface area contributed by atoms with Crippen molar-refractivity contribution in [1.82, 2.24) is 9.47 Å². The molecule has 174 valence electrons. The molecule has 1 aliphatic heterocycles. The van der Waals surface area contributed by atoms with Crippen LogP contribution in [0.2, 0.25) is 0 Å². The molecular weight excluding hydrogens is 453 g/mol. The molecule has 2 aromatic carbocycles. The maximum absolute atomic E-state index is 13.2. The lowest BCUT2D eigenvalue weighted by Crippen LogP contribution is -2.28. The first-order valence-corrected chi connectivity index (χ1v) is 11.6. The van der Waals surface area contributed by atoms with Crippen molar-refractivity contribution in [2.75, 3.05) is 13.7 Å². The fourth-order valence-corrected chi connectivity index (χ4v) is 4.89. The molecule has 0 saturated carbocycles. The number of aryl methyl sites for hydroxylation is 1. The van der Waals surface area contributed by atoms with E-state index in [2.05, 4.69) is 9.56 Å². The van der Waals surface area contributed by atoms with Gasteiger partial charge < -0.3 is 9.30 Å². The number of rotatable bonds is 5. The van der Waals surface area contributed by atoms with Crippen molar-refractivity contribution < 1.29 is 18.7 Å².